The van der Waals surface area contributed by atoms with Gasteiger partial charge in [-0.1, -0.05) is 6.92 Å². The van der Waals surface area contributed by atoms with Crippen LogP contribution in [0.2, 0.25) is 0 Å². The maximum Gasteiger partial charge on any atom is 0.417 e. The highest BCUT2D eigenvalue weighted by Crippen LogP contribution is 2.61. The topological polar surface area (TPSA) is 52.6 Å². The van der Waals surface area contributed by atoms with Crippen LogP contribution in [0, 0.1) is 5.92 Å². The van der Waals surface area contributed by atoms with E-state index in [0.717, 1.165) is 12.8 Å². The van der Waals surface area contributed by atoms with Crippen LogP contribution in [0.3, 0.4) is 0 Å². The van der Waals surface area contributed by atoms with E-state index in [9.17, 15) is 9.59 Å². The summed E-state index contributed by atoms with van der Waals surface area (Å²) in [6.45, 7) is 1.94. The fraction of sp³-hybridized carbons (Fsp3) is 0.778. The van der Waals surface area contributed by atoms with Gasteiger partial charge in [-0.3, -0.25) is 0 Å². The number of hydrogen-bond acceptors (Lipinski definition) is 4. The Morgan fingerprint density at radius 2 is 2.00 bits per heavy atom. The van der Waals surface area contributed by atoms with Crippen LogP contribution in [-0.4, -0.2) is 30.2 Å². The van der Waals surface area contributed by atoms with Gasteiger partial charge in [0.05, 0.1) is 0 Å². The van der Waals surface area contributed by atoms with Gasteiger partial charge in [0.2, 0.25) is 7.28 Å². The summed E-state index contributed by atoms with van der Waals surface area (Å²) in [5, 5.41) is 0. The van der Waals surface area contributed by atoms with Gasteiger partial charge < -0.3 is 9.47 Å². The van der Waals surface area contributed by atoms with Gasteiger partial charge in [-0.05, 0) is 25.2 Å². The highest BCUT2D eigenvalue weighted by Gasteiger charge is 2.81. The molecule has 14 heavy (non-hydrogen) atoms. The van der Waals surface area contributed by atoms with Gasteiger partial charge in [-0.25, -0.2) is 9.59 Å². The van der Waals surface area contributed by atoms with E-state index in [4.69, 9.17) is 9.47 Å². The Labute approximate surface area is 82.2 Å². The molecule has 5 heteroatoms. The maximum absolute atomic E-state index is 11.1. The van der Waals surface area contributed by atoms with Crippen molar-refractivity contribution >= 4 is 19.2 Å². The Kier molecular flexibility index (Phi) is 1.28. The SMILES string of the molecule is CCC12[B]C1(C1CC1)OC(=O)C(=O)O2. The number of esters is 2. The second kappa shape index (κ2) is 2.15. The molecule has 3 fully saturated rings. The zero-order chi connectivity index (χ0) is 9.97. The molecule has 3 aliphatic rings. The third kappa shape index (κ3) is 0.763. The number of fused-ring (bicyclic) bond motifs is 1. The Morgan fingerprint density at radius 1 is 1.36 bits per heavy atom. The van der Waals surface area contributed by atoms with Crippen molar-refractivity contribution in [3.63, 3.8) is 0 Å². The number of ether oxygens (including phenoxy) is 2. The quantitative estimate of drug-likeness (QED) is 0.352. The lowest BCUT2D eigenvalue weighted by Gasteiger charge is -2.30. The molecule has 1 aliphatic carbocycles. The Morgan fingerprint density at radius 3 is 2.57 bits per heavy atom. The normalized spacial score (nSPS) is 44.6. The zero-order valence-electron chi connectivity index (χ0n) is 7.91. The van der Waals surface area contributed by atoms with Crippen LogP contribution in [0.4, 0.5) is 0 Å². The lowest BCUT2D eigenvalue weighted by molar-refractivity contribution is -0.197. The fourth-order valence-electron chi connectivity index (χ4n) is 2.45. The molecule has 1 saturated carbocycles. The maximum atomic E-state index is 11.1. The van der Waals surface area contributed by atoms with Gasteiger partial charge in [0, 0.05) is 0 Å². The summed E-state index contributed by atoms with van der Waals surface area (Å²) in [5.41, 5.74) is -1.16. The minimum Gasteiger partial charge on any atom is -0.457 e. The molecule has 2 saturated heterocycles. The van der Waals surface area contributed by atoms with Gasteiger partial charge in [0.1, 0.15) is 11.0 Å². The molecule has 0 aromatic heterocycles. The molecular formula is C9H10BO4. The van der Waals surface area contributed by atoms with Crippen molar-refractivity contribution in [2.45, 2.75) is 37.2 Å². The molecule has 0 N–H and O–H groups in total. The summed E-state index contributed by atoms with van der Waals surface area (Å²) in [5.74, 6) is -1.31. The number of hydrogen-bond donors (Lipinski definition) is 0. The van der Waals surface area contributed by atoms with Crippen molar-refractivity contribution in [2.24, 2.45) is 5.92 Å². The van der Waals surface area contributed by atoms with Gasteiger partial charge in [-0.15, -0.1) is 0 Å². The van der Waals surface area contributed by atoms with E-state index in [1.807, 2.05) is 14.2 Å². The lowest BCUT2D eigenvalue weighted by atomic mass is 9.92. The van der Waals surface area contributed by atoms with Crippen LogP contribution in [0.25, 0.3) is 0 Å². The van der Waals surface area contributed by atoms with Crippen molar-refractivity contribution in [1.82, 2.24) is 0 Å². The molecule has 2 heterocycles. The van der Waals surface area contributed by atoms with E-state index >= 15 is 0 Å². The molecule has 4 nitrogen and oxygen atoms in total. The van der Waals surface area contributed by atoms with Crippen LogP contribution >= 0.6 is 0 Å². The van der Waals surface area contributed by atoms with Crippen molar-refractivity contribution in [2.75, 3.05) is 0 Å². The highest BCUT2D eigenvalue weighted by molar-refractivity contribution is 6.61. The first-order chi connectivity index (χ1) is 6.63. The molecule has 0 amide bonds. The first-order valence-corrected chi connectivity index (χ1v) is 4.97. The average Bonchev–Trinajstić information content (AvgIpc) is 2.96. The molecule has 73 valence electrons. The van der Waals surface area contributed by atoms with E-state index in [-0.39, 0.29) is 0 Å². The van der Waals surface area contributed by atoms with E-state index in [2.05, 4.69) is 0 Å². The molecule has 3 rings (SSSR count). The smallest absolute Gasteiger partial charge is 0.417 e. The van der Waals surface area contributed by atoms with Crippen LogP contribution < -0.4 is 0 Å². The third-order valence-corrected chi connectivity index (χ3v) is 3.44. The summed E-state index contributed by atoms with van der Waals surface area (Å²) in [6, 6.07) is 0. The molecule has 1 radical (unpaired) electrons. The molecule has 2 atom stereocenters. The largest absolute Gasteiger partial charge is 0.457 e. The first-order valence-electron chi connectivity index (χ1n) is 4.97. The Hall–Kier alpha value is -0.995. The third-order valence-electron chi connectivity index (χ3n) is 3.44. The minimum atomic E-state index is -0.850. The van der Waals surface area contributed by atoms with Crippen LogP contribution in [0.1, 0.15) is 26.2 Å². The molecule has 2 aliphatic heterocycles. The summed E-state index contributed by atoms with van der Waals surface area (Å²) in [7, 11) is 1.88. The molecule has 2 unspecified atom stereocenters. The fourth-order valence-corrected chi connectivity index (χ4v) is 2.45. The van der Waals surface area contributed by atoms with Gasteiger partial charge in [0.25, 0.3) is 0 Å². The summed E-state index contributed by atoms with van der Waals surface area (Å²) >= 11 is 0. The number of carbonyl (C=O) groups is 2. The molecule has 0 aromatic carbocycles. The standard InChI is InChI=1S/C9H10BO4/c1-2-8-9(10-8,5-3-4-5)14-7(12)6(11)13-8/h5H,2-4H2,1H3. The van der Waals surface area contributed by atoms with Gasteiger partial charge >= 0.3 is 11.9 Å². The molecule has 0 aromatic rings. The summed E-state index contributed by atoms with van der Waals surface area (Å²) < 4.78 is 10.4. The average molecular weight is 193 g/mol. The van der Waals surface area contributed by atoms with Crippen LogP contribution in [0.5, 0.6) is 0 Å². The second-order valence-electron chi connectivity index (χ2n) is 4.23. The minimum absolute atomic E-state index is 0.375. The zero-order valence-corrected chi connectivity index (χ0v) is 7.91. The van der Waals surface area contributed by atoms with E-state index in [1.54, 1.807) is 0 Å². The highest BCUT2D eigenvalue weighted by atomic mass is 16.7. The Balaban J connectivity index is 1.93. The summed E-state index contributed by atoms with van der Waals surface area (Å²) in [6.07, 6.45) is 2.80. The van der Waals surface area contributed by atoms with Gasteiger partial charge in [-0.2, -0.15) is 0 Å². The lowest BCUT2D eigenvalue weighted by Crippen LogP contribution is -2.45. The van der Waals surface area contributed by atoms with Crippen LogP contribution in [-0.2, 0) is 19.1 Å². The van der Waals surface area contributed by atoms with E-state index < -0.39 is 22.9 Å². The molecule has 0 spiro atoms. The van der Waals surface area contributed by atoms with Crippen molar-refractivity contribution < 1.29 is 19.1 Å². The predicted molar refractivity (Wildman–Crippen MR) is 46.4 cm³/mol. The first kappa shape index (κ1) is 8.32. The Bertz CT molecular complexity index is 338. The number of carbonyl (C=O) groups excluding carboxylic acids is 2. The van der Waals surface area contributed by atoms with Crippen molar-refractivity contribution in [1.29, 1.82) is 0 Å². The second-order valence-corrected chi connectivity index (χ2v) is 4.23. The van der Waals surface area contributed by atoms with E-state index in [0.29, 0.717) is 12.3 Å². The van der Waals surface area contributed by atoms with Crippen molar-refractivity contribution in [3.8, 4) is 0 Å². The summed E-state index contributed by atoms with van der Waals surface area (Å²) in [4.78, 5) is 22.2. The van der Waals surface area contributed by atoms with E-state index in [1.165, 1.54) is 0 Å². The van der Waals surface area contributed by atoms with Crippen LogP contribution in [0.15, 0.2) is 0 Å². The van der Waals surface area contributed by atoms with Gasteiger partial charge in [0.15, 0.2) is 0 Å². The monoisotopic (exact) mass is 193 g/mol. The molecular weight excluding hydrogens is 183 g/mol. The predicted octanol–water partition coefficient (Wildman–Crippen LogP) is 0.0168. The number of rotatable bonds is 2. The van der Waals surface area contributed by atoms with Crippen molar-refractivity contribution in [3.05, 3.63) is 0 Å². The molecule has 0 bridgehead atoms.